The van der Waals surface area contributed by atoms with Gasteiger partial charge in [-0.3, -0.25) is 4.79 Å². The first-order chi connectivity index (χ1) is 9.95. The summed E-state index contributed by atoms with van der Waals surface area (Å²) in [5.41, 5.74) is 4.29. The van der Waals surface area contributed by atoms with E-state index in [0.717, 1.165) is 20.7 Å². The summed E-state index contributed by atoms with van der Waals surface area (Å²) in [7, 11) is 0. The summed E-state index contributed by atoms with van der Waals surface area (Å²) in [5.74, 6) is 0.329. The summed E-state index contributed by atoms with van der Waals surface area (Å²) >= 11 is 4.83. The minimum Gasteiger partial charge on any atom is -0.325 e. The van der Waals surface area contributed by atoms with E-state index in [1.807, 2.05) is 38.1 Å². The van der Waals surface area contributed by atoms with Crippen LogP contribution in [-0.2, 0) is 4.79 Å². The van der Waals surface area contributed by atoms with Crippen LogP contribution in [0.1, 0.15) is 16.7 Å². The Morgan fingerprint density at radius 1 is 1.19 bits per heavy atom. The standard InChI is InChI=1S/C16H17BrN2OS/c1-10-4-5-14(7-11(10)2)19-15(20)9-21-16-12(3)6-13(17)8-18-16/h4-8H,9H2,1-3H3,(H,19,20). The second-order valence-electron chi connectivity index (χ2n) is 4.91. The fraction of sp³-hybridized carbons (Fsp3) is 0.250. The molecule has 0 unspecified atom stereocenters. The largest absolute Gasteiger partial charge is 0.325 e. The first-order valence-electron chi connectivity index (χ1n) is 6.58. The molecular weight excluding hydrogens is 348 g/mol. The molecule has 0 radical (unpaired) electrons. The van der Waals surface area contributed by atoms with E-state index in [9.17, 15) is 4.79 Å². The van der Waals surface area contributed by atoms with Gasteiger partial charge in [0.2, 0.25) is 5.91 Å². The third kappa shape index (κ3) is 4.58. The monoisotopic (exact) mass is 364 g/mol. The van der Waals surface area contributed by atoms with Gasteiger partial charge in [0, 0.05) is 16.4 Å². The molecule has 1 heterocycles. The number of hydrogen-bond acceptors (Lipinski definition) is 3. The van der Waals surface area contributed by atoms with Gasteiger partial charge in [-0.2, -0.15) is 0 Å². The van der Waals surface area contributed by atoms with Crippen molar-refractivity contribution in [1.29, 1.82) is 0 Å². The number of pyridine rings is 1. The zero-order valence-corrected chi connectivity index (χ0v) is 14.6. The fourth-order valence-corrected chi connectivity index (χ4v) is 3.03. The van der Waals surface area contributed by atoms with Crippen molar-refractivity contribution in [3.8, 4) is 0 Å². The van der Waals surface area contributed by atoms with Crippen LogP contribution in [0.4, 0.5) is 5.69 Å². The third-order valence-electron chi connectivity index (χ3n) is 3.13. The number of amides is 1. The zero-order chi connectivity index (χ0) is 15.4. The first-order valence-corrected chi connectivity index (χ1v) is 8.35. The van der Waals surface area contributed by atoms with E-state index in [4.69, 9.17) is 0 Å². The Labute approximate surface area is 137 Å². The number of nitrogens with one attached hydrogen (secondary N) is 1. The number of anilines is 1. The molecule has 5 heteroatoms. The van der Waals surface area contributed by atoms with E-state index in [2.05, 4.69) is 33.2 Å². The van der Waals surface area contributed by atoms with Crippen LogP contribution in [0.15, 0.2) is 40.0 Å². The van der Waals surface area contributed by atoms with Gasteiger partial charge in [-0.1, -0.05) is 17.8 Å². The number of halogens is 1. The van der Waals surface area contributed by atoms with Crippen LogP contribution in [0, 0.1) is 20.8 Å². The molecule has 110 valence electrons. The lowest BCUT2D eigenvalue weighted by Gasteiger charge is -2.08. The molecule has 1 aromatic carbocycles. The molecule has 3 nitrogen and oxygen atoms in total. The number of aryl methyl sites for hydroxylation is 3. The Kier molecular flexibility index (Phi) is 5.42. The van der Waals surface area contributed by atoms with Crippen molar-refractivity contribution in [2.45, 2.75) is 25.8 Å². The number of thioether (sulfide) groups is 1. The number of rotatable bonds is 4. The summed E-state index contributed by atoms with van der Waals surface area (Å²) in [6.07, 6.45) is 1.75. The lowest BCUT2D eigenvalue weighted by atomic mass is 10.1. The molecule has 1 N–H and O–H groups in total. The van der Waals surface area contributed by atoms with E-state index >= 15 is 0 Å². The van der Waals surface area contributed by atoms with Crippen molar-refractivity contribution in [2.24, 2.45) is 0 Å². The predicted molar refractivity (Wildman–Crippen MR) is 91.9 cm³/mol. The summed E-state index contributed by atoms with van der Waals surface area (Å²) in [4.78, 5) is 16.3. The van der Waals surface area contributed by atoms with Crippen molar-refractivity contribution >= 4 is 39.3 Å². The van der Waals surface area contributed by atoms with E-state index in [1.165, 1.54) is 22.9 Å². The van der Waals surface area contributed by atoms with Gasteiger partial charge in [0.25, 0.3) is 0 Å². The second-order valence-corrected chi connectivity index (χ2v) is 6.79. The number of hydrogen-bond donors (Lipinski definition) is 1. The maximum absolute atomic E-state index is 12.0. The van der Waals surface area contributed by atoms with Gasteiger partial charge in [0.05, 0.1) is 10.8 Å². The quantitative estimate of drug-likeness (QED) is 0.812. The van der Waals surface area contributed by atoms with E-state index in [1.54, 1.807) is 6.20 Å². The highest BCUT2D eigenvalue weighted by Crippen LogP contribution is 2.23. The van der Waals surface area contributed by atoms with Crippen LogP contribution < -0.4 is 5.32 Å². The lowest BCUT2D eigenvalue weighted by Crippen LogP contribution is -2.14. The molecule has 0 bridgehead atoms. The SMILES string of the molecule is Cc1ccc(NC(=O)CSc2ncc(Br)cc2C)cc1C. The highest BCUT2D eigenvalue weighted by atomic mass is 79.9. The highest BCUT2D eigenvalue weighted by molar-refractivity contribution is 9.10. The van der Waals surface area contributed by atoms with Gasteiger partial charge < -0.3 is 5.32 Å². The minimum absolute atomic E-state index is 0.0210. The van der Waals surface area contributed by atoms with Crippen molar-refractivity contribution in [1.82, 2.24) is 4.98 Å². The van der Waals surface area contributed by atoms with Crippen LogP contribution in [0.2, 0.25) is 0 Å². The third-order valence-corrected chi connectivity index (χ3v) is 4.67. The average molecular weight is 365 g/mol. The van der Waals surface area contributed by atoms with Gasteiger partial charge in [0.15, 0.2) is 0 Å². The number of aromatic nitrogens is 1. The van der Waals surface area contributed by atoms with E-state index < -0.39 is 0 Å². The Morgan fingerprint density at radius 3 is 2.62 bits per heavy atom. The zero-order valence-electron chi connectivity index (χ0n) is 12.2. The normalized spacial score (nSPS) is 10.5. The van der Waals surface area contributed by atoms with Crippen LogP contribution in [0.25, 0.3) is 0 Å². The van der Waals surface area contributed by atoms with Gasteiger partial charge in [0.1, 0.15) is 0 Å². The Hall–Kier alpha value is -1.33. The van der Waals surface area contributed by atoms with Crippen LogP contribution in [0.3, 0.4) is 0 Å². The summed E-state index contributed by atoms with van der Waals surface area (Å²) < 4.78 is 0.948. The summed E-state index contributed by atoms with van der Waals surface area (Å²) in [6, 6.07) is 7.92. The maximum atomic E-state index is 12.0. The van der Waals surface area contributed by atoms with E-state index in [-0.39, 0.29) is 5.91 Å². The van der Waals surface area contributed by atoms with Crippen molar-refractivity contribution in [3.05, 3.63) is 51.6 Å². The molecule has 0 atom stereocenters. The molecule has 1 aromatic heterocycles. The molecule has 0 saturated heterocycles. The molecule has 0 fully saturated rings. The number of nitrogens with zero attached hydrogens (tertiary/aromatic N) is 1. The molecule has 0 spiro atoms. The average Bonchev–Trinajstić information content (AvgIpc) is 2.42. The van der Waals surface area contributed by atoms with Gasteiger partial charge in [-0.15, -0.1) is 0 Å². The molecule has 0 saturated carbocycles. The number of carbonyl (C=O) groups is 1. The van der Waals surface area contributed by atoms with Crippen LogP contribution in [0.5, 0.6) is 0 Å². The van der Waals surface area contributed by atoms with Gasteiger partial charge >= 0.3 is 0 Å². The molecule has 2 rings (SSSR count). The molecule has 0 aliphatic carbocycles. The first kappa shape index (κ1) is 16.0. The number of carbonyl (C=O) groups excluding carboxylic acids is 1. The fourth-order valence-electron chi connectivity index (χ4n) is 1.83. The molecule has 21 heavy (non-hydrogen) atoms. The topological polar surface area (TPSA) is 42.0 Å². The highest BCUT2D eigenvalue weighted by Gasteiger charge is 2.07. The van der Waals surface area contributed by atoms with Crippen molar-refractivity contribution in [2.75, 3.05) is 11.1 Å². The summed E-state index contributed by atoms with van der Waals surface area (Å²) in [6.45, 7) is 6.08. The Bertz CT molecular complexity index is 673. The van der Waals surface area contributed by atoms with E-state index in [0.29, 0.717) is 5.75 Å². The Morgan fingerprint density at radius 2 is 1.95 bits per heavy atom. The molecule has 2 aromatic rings. The second kappa shape index (κ2) is 7.09. The smallest absolute Gasteiger partial charge is 0.234 e. The van der Waals surface area contributed by atoms with Gasteiger partial charge in [-0.25, -0.2) is 4.98 Å². The molecule has 0 aliphatic heterocycles. The molecule has 0 aliphatic rings. The Balaban J connectivity index is 1.94. The predicted octanol–water partition coefficient (Wildman–Crippen LogP) is 4.50. The van der Waals surface area contributed by atoms with Crippen molar-refractivity contribution < 1.29 is 4.79 Å². The maximum Gasteiger partial charge on any atom is 0.234 e. The van der Waals surface area contributed by atoms with Crippen LogP contribution in [-0.4, -0.2) is 16.6 Å². The summed E-state index contributed by atoms with van der Waals surface area (Å²) in [5, 5.41) is 3.80. The van der Waals surface area contributed by atoms with Crippen LogP contribution >= 0.6 is 27.7 Å². The van der Waals surface area contributed by atoms with Gasteiger partial charge in [-0.05, 0) is 71.6 Å². The lowest BCUT2D eigenvalue weighted by molar-refractivity contribution is -0.113. The molecular formula is C16H17BrN2OS. The minimum atomic E-state index is -0.0210. The number of benzene rings is 1. The van der Waals surface area contributed by atoms with Crippen molar-refractivity contribution in [3.63, 3.8) is 0 Å². The molecule has 1 amide bonds.